The minimum atomic E-state index is 0.183. The molecule has 0 N–H and O–H groups in total. The number of methoxy groups -OCH3 is 1. The van der Waals surface area contributed by atoms with E-state index in [1.807, 2.05) is 36.4 Å². The maximum absolute atomic E-state index is 11.0. The van der Waals surface area contributed by atoms with Crippen molar-refractivity contribution in [3.8, 4) is 5.75 Å². The van der Waals surface area contributed by atoms with Crippen LogP contribution in [0.4, 0.5) is 0 Å². The van der Waals surface area contributed by atoms with Gasteiger partial charge in [-0.1, -0.05) is 30.3 Å². The van der Waals surface area contributed by atoms with Crippen LogP contribution >= 0.6 is 0 Å². The second kappa shape index (κ2) is 4.35. The lowest BCUT2D eigenvalue weighted by Crippen LogP contribution is -1.96. The van der Waals surface area contributed by atoms with Crippen LogP contribution in [0.3, 0.4) is 0 Å². The van der Waals surface area contributed by atoms with Crippen molar-refractivity contribution in [1.82, 2.24) is 0 Å². The van der Waals surface area contributed by atoms with E-state index < -0.39 is 0 Å². The van der Waals surface area contributed by atoms with Gasteiger partial charge < -0.3 is 4.74 Å². The van der Waals surface area contributed by atoms with E-state index in [0.717, 1.165) is 22.1 Å². The molecule has 0 atom stereocenters. The zero-order valence-corrected chi connectivity index (χ0v) is 9.49. The highest BCUT2D eigenvalue weighted by Crippen LogP contribution is 2.26. The number of hydrogen-bond donors (Lipinski definition) is 0. The molecule has 2 aromatic rings. The molecule has 0 bridgehead atoms. The highest BCUT2D eigenvalue weighted by Gasteiger charge is 2.03. The summed E-state index contributed by atoms with van der Waals surface area (Å²) in [6, 6.07) is 11.9. The summed E-state index contributed by atoms with van der Waals surface area (Å²) >= 11 is 0. The van der Waals surface area contributed by atoms with Crippen molar-refractivity contribution in [2.24, 2.45) is 0 Å². The number of ether oxygens (including phenoxy) is 1. The molecule has 0 radical (unpaired) electrons. The number of carbonyl (C=O) groups excluding carboxylic acids is 1. The maximum atomic E-state index is 11.0. The zero-order valence-electron chi connectivity index (χ0n) is 9.49. The van der Waals surface area contributed by atoms with Crippen LogP contribution < -0.4 is 4.74 Å². The summed E-state index contributed by atoms with van der Waals surface area (Å²) in [5.41, 5.74) is 1.05. The van der Waals surface area contributed by atoms with Crippen LogP contribution in [0.15, 0.2) is 36.4 Å². The van der Waals surface area contributed by atoms with E-state index in [9.17, 15) is 4.79 Å². The Bertz CT molecular complexity index is 529. The van der Waals surface area contributed by atoms with Crippen molar-refractivity contribution < 1.29 is 9.53 Å². The van der Waals surface area contributed by atoms with E-state index in [1.54, 1.807) is 14.0 Å². The lowest BCUT2D eigenvalue weighted by molar-refractivity contribution is -0.116. The van der Waals surface area contributed by atoms with Crippen LogP contribution in [0.1, 0.15) is 12.5 Å². The molecule has 0 amide bonds. The van der Waals surface area contributed by atoms with Gasteiger partial charge in [-0.25, -0.2) is 0 Å². The van der Waals surface area contributed by atoms with Gasteiger partial charge in [-0.15, -0.1) is 0 Å². The van der Waals surface area contributed by atoms with Gasteiger partial charge in [0.05, 0.1) is 7.11 Å². The predicted molar refractivity (Wildman–Crippen MR) is 64.9 cm³/mol. The third-order valence-electron chi connectivity index (χ3n) is 2.58. The SMILES string of the molecule is COc1cccc2cc(CC(C)=O)ccc12. The lowest BCUT2D eigenvalue weighted by atomic mass is 10.0. The number of ketones is 1. The summed E-state index contributed by atoms with van der Waals surface area (Å²) in [6.45, 7) is 1.61. The smallest absolute Gasteiger partial charge is 0.134 e. The zero-order chi connectivity index (χ0) is 11.5. The largest absolute Gasteiger partial charge is 0.496 e. The molecular formula is C14H14O2. The molecule has 0 aliphatic heterocycles. The van der Waals surface area contributed by atoms with Crippen LogP contribution in [-0.2, 0) is 11.2 Å². The van der Waals surface area contributed by atoms with Gasteiger partial charge in [-0.05, 0) is 23.9 Å². The number of Topliss-reactive ketones (excluding diaryl/α,β-unsaturated/α-hetero) is 1. The van der Waals surface area contributed by atoms with E-state index in [0.29, 0.717) is 6.42 Å². The number of fused-ring (bicyclic) bond motifs is 1. The molecule has 0 saturated carbocycles. The summed E-state index contributed by atoms with van der Waals surface area (Å²) in [7, 11) is 1.66. The fraction of sp³-hybridized carbons (Fsp3) is 0.214. The molecule has 82 valence electrons. The molecule has 0 saturated heterocycles. The summed E-state index contributed by atoms with van der Waals surface area (Å²) in [5, 5.41) is 2.19. The normalized spacial score (nSPS) is 10.4. The molecule has 2 rings (SSSR count). The molecule has 0 heterocycles. The van der Waals surface area contributed by atoms with Crippen LogP contribution in [0, 0.1) is 0 Å². The molecule has 0 aliphatic rings. The van der Waals surface area contributed by atoms with Gasteiger partial charge in [0.25, 0.3) is 0 Å². The Labute approximate surface area is 94.8 Å². The molecule has 2 aromatic carbocycles. The number of hydrogen-bond acceptors (Lipinski definition) is 2. The Balaban J connectivity index is 2.51. The summed E-state index contributed by atoms with van der Waals surface area (Å²) in [5.74, 6) is 1.05. The minimum Gasteiger partial charge on any atom is -0.496 e. The molecule has 0 aromatic heterocycles. The third kappa shape index (κ3) is 2.06. The van der Waals surface area contributed by atoms with E-state index in [2.05, 4.69) is 0 Å². The van der Waals surface area contributed by atoms with Crippen molar-refractivity contribution in [1.29, 1.82) is 0 Å². The topological polar surface area (TPSA) is 26.3 Å². The van der Waals surface area contributed by atoms with Crippen molar-refractivity contribution in [2.45, 2.75) is 13.3 Å². The summed E-state index contributed by atoms with van der Waals surface area (Å²) < 4.78 is 5.28. The third-order valence-corrected chi connectivity index (χ3v) is 2.58. The first kappa shape index (κ1) is 10.7. The summed E-state index contributed by atoms with van der Waals surface area (Å²) in [6.07, 6.45) is 0.493. The number of benzene rings is 2. The van der Waals surface area contributed by atoms with E-state index in [-0.39, 0.29) is 5.78 Å². The molecular weight excluding hydrogens is 200 g/mol. The highest BCUT2D eigenvalue weighted by atomic mass is 16.5. The Kier molecular flexibility index (Phi) is 2.91. The highest BCUT2D eigenvalue weighted by molar-refractivity contribution is 5.89. The molecule has 2 heteroatoms. The van der Waals surface area contributed by atoms with Gasteiger partial charge in [-0.2, -0.15) is 0 Å². The number of carbonyl (C=O) groups is 1. The average Bonchev–Trinajstić information content (AvgIpc) is 2.27. The van der Waals surface area contributed by atoms with Gasteiger partial charge in [0.1, 0.15) is 11.5 Å². The molecule has 2 nitrogen and oxygen atoms in total. The van der Waals surface area contributed by atoms with Crippen LogP contribution in [-0.4, -0.2) is 12.9 Å². The Hall–Kier alpha value is -1.83. The predicted octanol–water partition coefficient (Wildman–Crippen LogP) is 2.98. The van der Waals surface area contributed by atoms with Gasteiger partial charge in [0.15, 0.2) is 0 Å². The fourth-order valence-corrected chi connectivity index (χ4v) is 1.88. The molecule has 0 unspecified atom stereocenters. The fourth-order valence-electron chi connectivity index (χ4n) is 1.88. The average molecular weight is 214 g/mol. The second-order valence-corrected chi connectivity index (χ2v) is 3.89. The second-order valence-electron chi connectivity index (χ2n) is 3.89. The Morgan fingerprint density at radius 3 is 2.75 bits per heavy atom. The maximum Gasteiger partial charge on any atom is 0.134 e. The van der Waals surface area contributed by atoms with Crippen molar-refractivity contribution >= 4 is 16.6 Å². The first-order valence-corrected chi connectivity index (χ1v) is 5.26. The van der Waals surface area contributed by atoms with Crippen LogP contribution in [0.25, 0.3) is 10.8 Å². The van der Waals surface area contributed by atoms with Gasteiger partial charge >= 0.3 is 0 Å². The first-order valence-electron chi connectivity index (χ1n) is 5.26. The van der Waals surface area contributed by atoms with Crippen molar-refractivity contribution in [3.63, 3.8) is 0 Å². The molecule has 0 fully saturated rings. The molecule has 16 heavy (non-hydrogen) atoms. The van der Waals surface area contributed by atoms with Gasteiger partial charge in [0.2, 0.25) is 0 Å². The van der Waals surface area contributed by atoms with Crippen molar-refractivity contribution in [2.75, 3.05) is 7.11 Å². The van der Waals surface area contributed by atoms with Gasteiger partial charge in [0, 0.05) is 11.8 Å². The number of rotatable bonds is 3. The van der Waals surface area contributed by atoms with Gasteiger partial charge in [-0.3, -0.25) is 4.79 Å². The molecule has 0 aliphatic carbocycles. The molecule has 0 spiro atoms. The standard InChI is InChI=1S/C14H14O2/c1-10(15)8-11-6-7-13-12(9-11)4-3-5-14(13)16-2/h3-7,9H,8H2,1-2H3. The van der Waals surface area contributed by atoms with Crippen LogP contribution in [0.2, 0.25) is 0 Å². The van der Waals surface area contributed by atoms with E-state index >= 15 is 0 Å². The quantitative estimate of drug-likeness (QED) is 0.785. The Morgan fingerprint density at radius 2 is 2.06 bits per heavy atom. The Morgan fingerprint density at radius 1 is 1.25 bits per heavy atom. The van der Waals surface area contributed by atoms with Crippen molar-refractivity contribution in [3.05, 3.63) is 42.0 Å². The van der Waals surface area contributed by atoms with E-state index in [1.165, 1.54) is 0 Å². The first-order chi connectivity index (χ1) is 7.70. The van der Waals surface area contributed by atoms with Crippen LogP contribution in [0.5, 0.6) is 5.75 Å². The van der Waals surface area contributed by atoms with E-state index in [4.69, 9.17) is 4.74 Å². The monoisotopic (exact) mass is 214 g/mol. The summed E-state index contributed by atoms with van der Waals surface area (Å²) in [4.78, 5) is 11.0. The minimum absolute atomic E-state index is 0.183. The lowest BCUT2D eigenvalue weighted by Gasteiger charge is -2.06.